The first-order valence-corrected chi connectivity index (χ1v) is 6.26. The lowest BCUT2D eigenvalue weighted by atomic mass is 10.0. The smallest absolute Gasteiger partial charge is 0.171 e. The summed E-state index contributed by atoms with van der Waals surface area (Å²) < 4.78 is 14.1. The first kappa shape index (κ1) is 13.5. The number of Topliss-reactive ketones (excluding diaryl/α,β-unsaturated/α-hetero) is 1. The largest absolute Gasteiger partial charge is 0.507 e. The van der Waals surface area contributed by atoms with E-state index in [-0.39, 0.29) is 12.0 Å². The van der Waals surface area contributed by atoms with Crippen LogP contribution in [0.3, 0.4) is 0 Å². The van der Waals surface area contributed by atoms with Gasteiger partial charge in [-0.1, -0.05) is 28.1 Å². The van der Waals surface area contributed by atoms with E-state index in [1.54, 1.807) is 24.3 Å². The molecule has 2 aromatic rings. The number of benzene rings is 2. The summed E-state index contributed by atoms with van der Waals surface area (Å²) in [5, 5.41) is 18.6. The molecule has 0 amide bonds. The van der Waals surface area contributed by atoms with Crippen molar-refractivity contribution in [2.75, 3.05) is 0 Å². The van der Waals surface area contributed by atoms with Crippen LogP contribution < -0.4 is 0 Å². The van der Waals surface area contributed by atoms with Crippen molar-refractivity contribution in [1.29, 1.82) is 0 Å². The fourth-order valence-corrected chi connectivity index (χ4v) is 1.92. The van der Waals surface area contributed by atoms with E-state index in [1.807, 2.05) is 0 Å². The van der Waals surface area contributed by atoms with Crippen molar-refractivity contribution in [2.24, 2.45) is 0 Å². The molecular formula is C14H10BrFO3. The Morgan fingerprint density at radius 2 is 1.74 bits per heavy atom. The van der Waals surface area contributed by atoms with Crippen molar-refractivity contribution in [3.63, 3.8) is 0 Å². The molecule has 0 atom stereocenters. The van der Waals surface area contributed by atoms with Crippen LogP contribution in [0.2, 0.25) is 0 Å². The SMILES string of the molecule is O=C(Cc1ccc(Br)cc1)c1cc(F)c(O)cc1O. The zero-order valence-electron chi connectivity index (χ0n) is 9.73. The molecule has 3 nitrogen and oxygen atoms in total. The van der Waals surface area contributed by atoms with Crippen LogP contribution in [-0.2, 0) is 6.42 Å². The summed E-state index contributed by atoms with van der Waals surface area (Å²) in [6.45, 7) is 0. The number of carbonyl (C=O) groups excluding carboxylic acids is 1. The average Bonchev–Trinajstić information content (AvgIpc) is 2.36. The van der Waals surface area contributed by atoms with Gasteiger partial charge in [-0.3, -0.25) is 4.79 Å². The van der Waals surface area contributed by atoms with Gasteiger partial charge in [-0.05, 0) is 23.8 Å². The summed E-state index contributed by atoms with van der Waals surface area (Å²) >= 11 is 3.28. The molecule has 0 saturated carbocycles. The lowest BCUT2D eigenvalue weighted by Crippen LogP contribution is -2.04. The fourth-order valence-electron chi connectivity index (χ4n) is 1.66. The Hall–Kier alpha value is -1.88. The quantitative estimate of drug-likeness (QED) is 0.850. The van der Waals surface area contributed by atoms with Gasteiger partial charge in [0.25, 0.3) is 0 Å². The summed E-state index contributed by atoms with van der Waals surface area (Å²) in [7, 11) is 0. The number of ketones is 1. The van der Waals surface area contributed by atoms with Gasteiger partial charge in [-0.15, -0.1) is 0 Å². The molecule has 0 radical (unpaired) electrons. The second-order valence-electron chi connectivity index (χ2n) is 4.05. The van der Waals surface area contributed by atoms with Crippen LogP contribution in [0.1, 0.15) is 15.9 Å². The minimum atomic E-state index is -0.933. The molecule has 0 aromatic heterocycles. The molecule has 0 fully saturated rings. The van der Waals surface area contributed by atoms with E-state index in [2.05, 4.69) is 15.9 Å². The third kappa shape index (κ3) is 3.12. The van der Waals surface area contributed by atoms with E-state index in [0.29, 0.717) is 0 Å². The molecular weight excluding hydrogens is 315 g/mol. The highest BCUT2D eigenvalue weighted by atomic mass is 79.9. The van der Waals surface area contributed by atoms with Crippen molar-refractivity contribution >= 4 is 21.7 Å². The van der Waals surface area contributed by atoms with Gasteiger partial charge in [0.2, 0.25) is 0 Å². The number of hydrogen-bond acceptors (Lipinski definition) is 3. The lowest BCUT2D eigenvalue weighted by molar-refractivity contribution is 0.0990. The summed E-state index contributed by atoms with van der Waals surface area (Å²) in [5.41, 5.74) is 0.610. The molecule has 2 aromatic carbocycles. The van der Waals surface area contributed by atoms with E-state index in [0.717, 1.165) is 22.2 Å². The Balaban J connectivity index is 2.25. The van der Waals surface area contributed by atoms with Crippen molar-refractivity contribution in [1.82, 2.24) is 0 Å². The molecule has 0 heterocycles. The minimum Gasteiger partial charge on any atom is -0.507 e. The van der Waals surface area contributed by atoms with Crippen LogP contribution in [0.15, 0.2) is 40.9 Å². The molecule has 19 heavy (non-hydrogen) atoms. The zero-order chi connectivity index (χ0) is 14.0. The Bertz CT molecular complexity index is 623. The van der Waals surface area contributed by atoms with Crippen molar-refractivity contribution in [3.8, 4) is 11.5 Å². The van der Waals surface area contributed by atoms with Crippen LogP contribution in [0.5, 0.6) is 11.5 Å². The van der Waals surface area contributed by atoms with Crippen molar-refractivity contribution in [3.05, 3.63) is 57.8 Å². The predicted octanol–water partition coefficient (Wildman–Crippen LogP) is 3.42. The van der Waals surface area contributed by atoms with Gasteiger partial charge < -0.3 is 10.2 Å². The van der Waals surface area contributed by atoms with Gasteiger partial charge in [0.1, 0.15) is 5.75 Å². The average molecular weight is 325 g/mol. The highest BCUT2D eigenvalue weighted by molar-refractivity contribution is 9.10. The molecule has 2 N–H and O–H groups in total. The number of carbonyl (C=O) groups is 1. The fraction of sp³-hybridized carbons (Fsp3) is 0.0714. The van der Waals surface area contributed by atoms with Gasteiger partial charge in [0.15, 0.2) is 17.3 Å². The second kappa shape index (κ2) is 5.40. The molecule has 5 heteroatoms. The molecule has 2 rings (SSSR count). The summed E-state index contributed by atoms with van der Waals surface area (Å²) in [6.07, 6.45) is 0.0467. The highest BCUT2D eigenvalue weighted by Crippen LogP contribution is 2.27. The Kier molecular flexibility index (Phi) is 3.85. The monoisotopic (exact) mass is 324 g/mol. The standard InChI is InChI=1S/C14H10BrFO3/c15-9-3-1-8(2-4-9)5-12(17)10-6-11(16)14(19)7-13(10)18/h1-4,6-7,18-19H,5H2. The molecule has 0 aliphatic carbocycles. The summed E-state index contributed by atoms with van der Waals surface area (Å²) in [4.78, 5) is 12.0. The number of halogens is 2. The second-order valence-corrected chi connectivity index (χ2v) is 4.96. The molecule has 0 bridgehead atoms. The number of hydrogen-bond donors (Lipinski definition) is 2. The number of phenols is 2. The first-order chi connectivity index (χ1) is 8.97. The van der Waals surface area contributed by atoms with E-state index in [9.17, 15) is 14.3 Å². The molecule has 0 unspecified atom stereocenters. The molecule has 0 aliphatic heterocycles. The third-order valence-corrected chi connectivity index (χ3v) is 3.17. The van der Waals surface area contributed by atoms with Crippen LogP contribution in [0.4, 0.5) is 4.39 Å². The topological polar surface area (TPSA) is 57.5 Å². The Morgan fingerprint density at radius 3 is 2.37 bits per heavy atom. The van der Waals surface area contributed by atoms with Crippen LogP contribution in [0, 0.1) is 5.82 Å². The maximum Gasteiger partial charge on any atom is 0.171 e. The van der Waals surface area contributed by atoms with Gasteiger partial charge in [-0.2, -0.15) is 0 Å². The normalized spacial score (nSPS) is 10.4. The van der Waals surface area contributed by atoms with Crippen molar-refractivity contribution < 1.29 is 19.4 Å². The third-order valence-electron chi connectivity index (χ3n) is 2.64. The number of aromatic hydroxyl groups is 2. The number of rotatable bonds is 3. The van der Waals surface area contributed by atoms with Gasteiger partial charge in [0.05, 0.1) is 5.56 Å². The van der Waals surface area contributed by atoms with Gasteiger partial charge in [0, 0.05) is 17.0 Å². The predicted molar refractivity (Wildman–Crippen MR) is 71.9 cm³/mol. The zero-order valence-corrected chi connectivity index (χ0v) is 11.3. The van der Waals surface area contributed by atoms with E-state index < -0.39 is 23.1 Å². The van der Waals surface area contributed by atoms with Crippen molar-refractivity contribution in [2.45, 2.75) is 6.42 Å². The molecule has 0 spiro atoms. The molecule has 98 valence electrons. The highest BCUT2D eigenvalue weighted by Gasteiger charge is 2.15. The maximum atomic E-state index is 13.2. The Morgan fingerprint density at radius 1 is 1.11 bits per heavy atom. The number of phenolic OH excluding ortho intramolecular Hbond substituents is 2. The van der Waals surface area contributed by atoms with Crippen LogP contribution in [0.25, 0.3) is 0 Å². The van der Waals surface area contributed by atoms with Crippen LogP contribution >= 0.6 is 15.9 Å². The van der Waals surface area contributed by atoms with E-state index >= 15 is 0 Å². The van der Waals surface area contributed by atoms with E-state index in [1.165, 1.54) is 0 Å². The lowest BCUT2D eigenvalue weighted by Gasteiger charge is -2.06. The molecule has 0 aliphatic rings. The Labute approximate surface area is 117 Å². The maximum absolute atomic E-state index is 13.2. The van der Waals surface area contributed by atoms with E-state index in [4.69, 9.17) is 5.11 Å². The first-order valence-electron chi connectivity index (χ1n) is 5.46. The van der Waals surface area contributed by atoms with Crippen LogP contribution in [-0.4, -0.2) is 16.0 Å². The minimum absolute atomic E-state index is 0.0467. The molecule has 0 saturated heterocycles. The summed E-state index contributed by atoms with van der Waals surface area (Å²) in [5.74, 6) is -2.46. The van der Waals surface area contributed by atoms with Gasteiger partial charge >= 0.3 is 0 Å². The summed E-state index contributed by atoms with van der Waals surface area (Å²) in [6, 6.07) is 8.77. The van der Waals surface area contributed by atoms with Gasteiger partial charge in [-0.25, -0.2) is 4.39 Å².